The first-order valence-corrected chi connectivity index (χ1v) is 9.48. The standard InChI is InChI=1S/C21H24O8/c22-9-17-18(24)19(25)20(26)21(29-17)28-15-6-3-12-7-13(10-27-16(12)8-15)11-1-4-14(23)5-2-11/h1-6,8,13,17-26H,7,9-10H2. The number of phenolic OH excluding ortho intramolecular Hbond substituents is 1. The van der Waals surface area contributed by atoms with Crippen LogP contribution < -0.4 is 9.47 Å². The van der Waals surface area contributed by atoms with Gasteiger partial charge in [0.15, 0.2) is 0 Å². The van der Waals surface area contributed by atoms with Crippen molar-refractivity contribution in [2.75, 3.05) is 13.2 Å². The second kappa shape index (κ2) is 8.17. The van der Waals surface area contributed by atoms with Crippen molar-refractivity contribution in [3.63, 3.8) is 0 Å². The van der Waals surface area contributed by atoms with Gasteiger partial charge in [0.25, 0.3) is 0 Å². The number of aliphatic hydroxyl groups excluding tert-OH is 4. The molecule has 6 atom stereocenters. The summed E-state index contributed by atoms with van der Waals surface area (Å²) < 4.78 is 16.9. The van der Waals surface area contributed by atoms with Crippen LogP contribution >= 0.6 is 0 Å². The SMILES string of the molecule is OCC1OC(Oc2ccc3c(c2)OCC(c2ccc(O)cc2)C3)C(O)C(O)C1O. The van der Waals surface area contributed by atoms with Crippen LogP contribution in [0.25, 0.3) is 0 Å². The molecule has 2 aliphatic heterocycles. The molecular formula is C21H24O8. The van der Waals surface area contributed by atoms with Gasteiger partial charge < -0.3 is 39.7 Å². The van der Waals surface area contributed by atoms with Crippen LogP contribution in [-0.2, 0) is 11.2 Å². The van der Waals surface area contributed by atoms with Gasteiger partial charge in [-0.1, -0.05) is 18.2 Å². The van der Waals surface area contributed by atoms with Crippen molar-refractivity contribution in [2.24, 2.45) is 0 Å². The van der Waals surface area contributed by atoms with Crippen LogP contribution in [0.15, 0.2) is 42.5 Å². The van der Waals surface area contributed by atoms with E-state index >= 15 is 0 Å². The molecule has 1 fully saturated rings. The molecule has 2 aromatic carbocycles. The van der Waals surface area contributed by atoms with E-state index < -0.39 is 37.3 Å². The molecule has 8 nitrogen and oxygen atoms in total. The van der Waals surface area contributed by atoms with Gasteiger partial charge in [-0.25, -0.2) is 0 Å². The largest absolute Gasteiger partial charge is 0.508 e. The molecule has 6 unspecified atom stereocenters. The minimum atomic E-state index is -1.49. The quantitative estimate of drug-likeness (QED) is 0.492. The van der Waals surface area contributed by atoms with Crippen molar-refractivity contribution < 1.29 is 39.7 Å². The van der Waals surface area contributed by atoms with Gasteiger partial charge in [0.05, 0.1) is 13.2 Å². The monoisotopic (exact) mass is 404 g/mol. The number of aromatic hydroxyl groups is 1. The zero-order valence-corrected chi connectivity index (χ0v) is 15.6. The molecule has 0 aromatic heterocycles. The van der Waals surface area contributed by atoms with E-state index in [1.54, 1.807) is 24.3 Å². The van der Waals surface area contributed by atoms with Gasteiger partial charge in [-0.2, -0.15) is 0 Å². The van der Waals surface area contributed by atoms with Crippen molar-refractivity contribution in [1.82, 2.24) is 0 Å². The van der Waals surface area contributed by atoms with E-state index in [1.807, 2.05) is 18.2 Å². The smallest absolute Gasteiger partial charge is 0.229 e. The maximum atomic E-state index is 10.1. The first-order valence-electron chi connectivity index (χ1n) is 9.48. The second-order valence-electron chi connectivity index (χ2n) is 7.39. The minimum absolute atomic E-state index is 0.167. The normalized spacial score (nSPS) is 31.6. The van der Waals surface area contributed by atoms with Gasteiger partial charge in [-0.15, -0.1) is 0 Å². The van der Waals surface area contributed by atoms with Gasteiger partial charge in [0.2, 0.25) is 6.29 Å². The van der Waals surface area contributed by atoms with Gasteiger partial charge in [0, 0.05) is 12.0 Å². The van der Waals surface area contributed by atoms with Crippen molar-refractivity contribution in [1.29, 1.82) is 0 Å². The summed E-state index contributed by atoms with van der Waals surface area (Å²) in [6, 6.07) is 12.3. The van der Waals surface area contributed by atoms with Crippen LogP contribution in [0.3, 0.4) is 0 Å². The predicted molar refractivity (Wildman–Crippen MR) is 101 cm³/mol. The number of aliphatic hydroxyl groups is 4. The number of hydrogen-bond acceptors (Lipinski definition) is 8. The Balaban J connectivity index is 1.46. The molecule has 29 heavy (non-hydrogen) atoms. The number of fused-ring (bicyclic) bond motifs is 1. The average molecular weight is 404 g/mol. The molecule has 1 saturated heterocycles. The maximum Gasteiger partial charge on any atom is 0.229 e. The Bertz CT molecular complexity index is 837. The molecule has 0 spiro atoms. The van der Waals surface area contributed by atoms with Crippen molar-refractivity contribution in [2.45, 2.75) is 43.0 Å². The summed E-state index contributed by atoms with van der Waals surface area (Å²) >= 11 is 0. The van der Waals surface area contributed by atoms with E-state index in [1.165, 1.54) is 0 Å². The fourth-order valence-electron chi connectivity index (χ4n) is 3.69. The third-order valence-electron chi connectivity index (χ3n) is 5.41. The van der Waals surface area contributed by atoms with Crippen LogP contribution in [0.5, 0.6) is 17.2 Å². The summed E-state index contributed by atoms with van der Waals surface area (Å²) in [7, 11) is 0. The number of rotatable bonds is 4. The summed E-state index contributed by atoms with van der Waals surface area (Å²) in [5, 5.41) is 48.6. The maximum absolute atomic E-state index is 10.1. The van der Waals surface area contributed by atoms with Crippen LogP contribution in [0, 0.1) is 0 Å². The van der Waals surface area contributed by atoms with Crippen LogP contribution in [-0.4, -0.2) is 69.5 Å². The Morgan fingerprint density at radius 2 is 1.72 bits per heavy atom. The third-order valence-corrected chi connectivity index (χ3v) is 5.41. The molecule has 0 saturated carbocycles. The Kier molecular flexibility index (Phi) is 5.62. The lowest BCUT2D eigenvalue weighted by Crippen LogP contribution is -2.60. The molecule has 0 aliphatic carbocycles. The van der Waals surface area contributed by atoms with Crippen LogP contribution in [0.4, 0.5) is 0 Å². The molecular weight excluding hydrogens is 380 g/mol. The average Bonchev–Trinajstić information content (AvgIpc) is 2.74. The Hall–Kier alpha value is -2.36. The topological polar surface area (TPSA) is 129 Å². The fraction of sp³-hybridized carbons (Fsp3) is 0.429. The van der Waals surface area contributed by atoms with Crippen LogP contribution in [0.2, 0.25) is 0 Å². The highest BCUT2D eigenvalue weighted by molar-refractivity contribution is 5.44. The number of benzene rings is 2. The molecule has 4 rings (SSSR count). The van der Waals surface area contributed by atoms with E-state index in [2.05, 4.69) is 0 Å². The highest BCUT2D eigenvalue weighted by atomic mass is 16.7. The Morgan fingerprint density at radius 1 is 0.966 bits per heavy atom. The highest BCUT2D eigenvalue weighted by Gasteiger charge is 2.44. The van der Waals surface area contributed by atoms with E-state index in [-0.39, 0.29) is 11.7 Å². The van der Waals surface area contributed by atoms with E-state index in [9.17, 15) is 25.5 Å². The predicted octanol–water partition coefficient (Wildman–Crippen LogP) is 0.290. The highest BCUT2D eigenvalue weighted by Crippen LogP contribution is 2.36. The molecule has 2 heterocycles. The van der Waals surface area contributed by atoms with E-state index in [0.29, 0.717) is 18.1 Å². The first-order chi connectivity index (χ1) is 14.0. The molecule has 8 heteroatoms. The van der Waals surface area contributed by atoms with Crippen molar-refractivity contribution in [3.8, 4) is 17.2 Å². The Morgan fingerprint density at radius 3 is 2.45 bits per heavy atom. The summed E-state index contributed by atoms with van der Waals surface area (Å²) in [6.07, 6.45) is -5.90. The number of hydrogen-bond donors (Lipinski definition) is 5. The molecule has 5 N–H and O–H groups in total. The summed E-state index contributed by atoms with van der Waals surface area (Å²) in [4.78, 5) is 0. The van der Waals surface area contributed by atoms with Gasteiger partial charge >= 0.3 is 0 Å². The minimum Gasteiger partial charge on any atom is -0.508 e. The van der Waals surface area contributed by atoms with E-state index in [0.717, 1.165) is 17.5 Å². The fourth-order valence-corrected chi connectivity index (χ4v) is 3.69. The molecule has 0 bridgehead atoms. The van der Waals surface area contributed by atoms with Crippen LogP contribution in [0.1, 0.15) is 17.0 Å². The van der Waals surface area contributed by atoms with Gasteiger partial charge in [0.1, 0.15) is 41.7 Å². The summed E-state index contributed by atoms with van der Waals surface area (Å²) in [5.74, 6) is 1.42. The number of ether oxygens (including phenoxy) is 3. The molecule has 0 amide bonds. The molecule has 2 aromatic rings. The summed E-state index contributed by atoms with van der Waals surface area (Å²) in [5.41, 5.74) is 2.07. The zero-order chi connectivity index (χ0) is 20.5. The zero-order valence-electron chi connectivity index (χ0n) is 15.6. The van der Waals surface area contributed by atoms with Gasteiger partial charge in [-0.05, 0) is 35.7 Å². The lowest BCUT2D eigenvalue weighted by Gasteiger charge is -2.39. The van der Waals surface area contributed by atoms with E-state index in [4.69, 9.17) is 14.2 Å². The molecule has 2 aliphatic rings. The van der Waals surface area contributed by atoms with Crippen molar-refractivity contribution >= 4 is 0 Å². The second-order valence-corrected chi connectivity index (χ2v) is 7.39. The van der Waals surface area contributed by atoms with Gasteiger partial charge in [-0.3, -0.25) is 0 Å². The lowest BCUT2D eigenvalue weighted by molar-refractivity contribution is -0.277. The summed E-state index contributed by atoms with van der Waals surface area (Å²) in [6.45, 7) is -0.0436. The third kappa shape index (κ3) is 4.03. The molecule has 0 radical (unpaired) electrons. The first kappa shape index (κ1) is 19.9. The van der Waals surface area contributed by atoms with Crippen molar-refractivity contribution in [3.05, 3.63) is 53.6 Å². The number of phenols is 1. The lowest BCUT2D eigenvalue weighted by atomic mass is 9.90. The molecule has 156 valence electrons. The Labute approximate surface area is 167 Å².